The van der Waals surface area contributed by atoms with E-state index in [9.17, 15) is 9.18 Å². The van der Waals surface area contributed by atoms with Crippen LogP contribution < -0.4 is 4.90 Å². The number of fused-ring (bicyclic) bond motifs is 1. The first kappa shape index (κ1) is 20.0. The number of carbonyl (C=O) groups excluding carboxylic acids is 1. The maximum Gasteiger partial charge on any atom is 0.416 e. The van der Waals surface area contributed by atoms with Gasteiger partial charge >= 0.3 is 6.09 Å². The zero-order valence-electron chi connectivity index (χ0n) is 17.9. The van der Waals surface area contributed by atoms with Crippen molar-refractivity contribution in [2.24, 2.45) is 0 Å². The van der Waals surface area contributed by atoms with E-state index >= 15 is 0 Å². The number of carbonyl (C=O) groups is 1. The molecule has 1 saturated heterocycles. The number of nitrogens with zero attached hydrogens (tertiary/aromatic N) is 7. The van der Waals surface area contributed by atoms with Gasteiger partial charge in [0.05, 0.1) is 11.8 Å². The summed E-state index contributed by atoms with van der Waals surface area (Å²) in [6.45, 7) is 2.09. The molecule has 1 aliphatic heterocycles. The number of anilines is 1. The van der Waals surface area contributed by atoms with E-state index in [1.807, 2.05) is 19.1 Å². The van der Waals surface area contributed by atoms with E-state index in [0.717, 1.165) is 11.3 Å². The number of cyclic esters (lactones) is 1. The summed E-state index contributed by atoms with van der Waals surface area (Å²) in [7, 11) is 0. The van der Waals surface area contributed by atoms with Gasteiger partial charge in [0, 0.05) is 23.7 Å². The van der Waals surface area contributed by atoms with Crippen LogP contribution in [-0.4, -0.2) is 47.5 Å². The molecule has 0 aliphatic carbocycles. The van der Waals surface area contributed by atoms with Crippen molar-refractivity contribution in [1.82, 2.24) is 34.8 Å². The van der Waals surface area contributed by atoms with Gasteiger partial charge in [-0.3, -0.25) is 15.0 Å². The number of H-pyrrole nitrogens is 1. The van der Waals surface area contributed by atoms with Crippen molar-refractivity contribution < 1.29 is 13.9 Å². The highest BCUT2D eigenvalue weighted by atomic mass is 19.1. The Bertz CT molecular complexity index is 1510. The molecule has 34 heavy (non-hydrogen) atoms. The maximum absolute atomic E-state index is 14.8. The number of ether oxygens (including phenoxy) is 1. The number of rotatable bonds is 4. The number of aromatic amines is 1. The molecule has 0 bridgehead atoms. The van der Waals surface area contributed by atoms with Crippen LogP contribution >= 0.6 is 0 Å². The normalized spacial score (nSPS) is 15.8. The zero-order valence-corrected chi connectivity index (χ0v) is 17.9. The van der Waals surface area contributed by atoms with Gasteiger partial charge in [0.25, 0.3) is 0 Å². The van der Waals surface area contributed by atoms with Gasteiger partial charge in [-0.1, -0.05) is 12.1 Å². The molecular formula is C23H17FN8O2. The van der Waals surface area contributed by atoms with E-state index in [4.69, 9.17) is 9.72 Å². The summed E-state index contributed by atoms with van der Waals surface area (Å²) in [5.74, 6) is 0.286. The highest BCUT2D eigenvalue weighted by Crippen LogP contribution is 2.34. The van der Waals surface area contributed by atoms with Crippen molar-refractivity contribution in [1.29, 1.82) is 0 Å². The number of halogens is 1. The average molecular weight is 456 g/mol. The number of nitrogens with one attached hydrogen (secondary N) is 1. The van der Waals surface area contributed by atoms with Crippen molar-refractivity contribution in [3.05, 3.63) is 78.4 Å². The number of aryl methyl sites for hydroxylation is 1. The number of hydrogen-bond acceptors (Lipinski definition) is 7. The van der Waals surface area contributed by atoms with E-state index in [1.165, 1.54) is 17.3 Å². The molecule has 0 radical (unpaired) electrons. The third kappa shape index (κ3) is 3.25. The number of amides is 1. The lowest BCUT2D eigenvalue weighted by Gasteiger charge is -2.20. The molecule has 4 aromatic heterocycles. The molecule has 5 aromatic rings. The second kappa shape index (κ2) is 7.73. The Morgan fingerprint density at radius 1 is 1.12 bits per heavy atom. The van der Waals surface area contributed by atoms with Crippen molar-refractivity contribution in [3.8, 4) is 22.5 Å². The van der Waals surface area contributed by atoms with E-state index in [-0.39, 0.29) is 12.6 Å². The van der Waals surface area contributed by atoms with Crippen molar-refractivity contribution >= 4 is 17.6 Å². The Morgan fingerprint density at radius 2 is 2.03 bits per heavy atom. The fourth-order valence-corrected chi connectivity index (χ4v) is 4.00. The predicted molar refractivity (Wildman–Crippen MR) is 119 cm³/mol. The maximum atomic E-state index is 14.8. The summed E-state index contributed by atoms with van der Waals surface area (Å²) in [5, 5.41) is 10.8. The predicted octanol–water partition coefficient (Wildman–Crippen LogP) is 3.72. The molecule has 11 heteroatoms. The quantitative estimate of drug-likeness (QED) is 0.438. The number of hydrogen-bond donors (Lipinski definition) is 1. The Kier molecular flexibility index (Phi) is 4.54. The zero-order chi connectivity index (χ0) is 23.2. The lowest BCUT2D eigenvalue weighted by atomic mass is 10.1. The fraction of sp³-hybridized carbons (Fsp3) is 0.130. The van der Waals surface area contributed by atoms with Crippen LogP contribution in [0.4, 0.5) is 15.0 Å². The van der Waals surface area contributed by atoms with Gasteiger partial charge in [-0.2, -0.15) is 10.2 Å². The lowest BCUT2D eigenvalue weighted by molar-refractivity contribution is 0.179. The van der Waals surface area contributed by atoms with Gasteiger partial charge in [0.2, 0.25) is 0 Å². The average Bonchev–Trinajstić information content (AvgIpc) is 3.59. The molecular weight excluding hydrogens is 439 g/mol. The Labute approximate surface area is 192 Å². The third-order valence-electron chi connectivity index (χ3n) is 5.74. The Morgan fingerprint density at radius 3 is 2.79 bits per heavy atom. The smallest absolute Gasteiger partial charge is 0.416 e. The summed E-state index contributed by atoms with van der Waals surface area (Å²) < 4.78 is 21.7. The molecule has 5 heterocycles. The van der Waals surface area contributed by atoms with Gasteiger partial charge in [0.15, 0.2) is 11.5 Å². The van der Waals surface area contributed by atoms with Crippen LogP contribution in [0.1, 0.15) is 17.3 Å². The first-order chi connectivity index (χ1) is 16.6. The van der Waals surface area contributed by atoms with Gasteiger partial charge < -0.3 is 4.74 Å². The summed E-state index contributed by atoms with van der Waals surface area (Å²) in [5.41, 5.74) is 3.71. The van der Waals surface area contributed by atoms with Crippen LogP contribution in [0.25, 0.3) is 28.2 Å². The second-order valence-corrected chi connectivity index (χ2v) is 7.84. The molecule has 10 nitrogen and oxygen atoms in total. The van der Waals surface area contributed by atoms with E-state index in [0.29, 0.717) is 34.0 Å². The Hall–Kier alpha value is -4.67. The van der Waals surface area contributed by atoms with Gasteiger partial charge in [-0.05, 0) is 42.3 Å². The second-order valence-electron chi connectivity index (χ2n) is 7.84. The van der Waals surface area contributed by atoms with Crippen LogP contribution in [-0.2, 0) is 4.74 Å². The lowest BCUT2D eigenvalue weighted by Crippen LogP contribution is -2.28. The number of aromatic nitrogens is 7. The van der Waals surface area contributed by atoms with Gasteiger partial charge in [-0.25, -0.2) is 23.7 Å². The number of benzene rings is 1. The van der Waals surface area contributed by atoms with E-state index in [2.05, 4.69) is 25.3 Å². The van der Waals surface area contributed by atoms with Gasteiger partial charge in [0.1, 0.15) is 30.6 Å². The van der Waals surface area contributed by atoms with Crippen LogP contribution in [0.15, 0.2) is 61.3 Å². The fourth-order valence-electron chi connectivity index (χ4n) is 4.00. The molecule has 1 N–H and O–H groups in total. The van der Waals surface area contributed by atoms with Gasteiger partial charge in [-0.15, -0.1) is 0 Å². The molecule has 168 valence electrons. The first-order valence-corrected chi connectivity index (χ1v) is 10.5. The van der Waals surface area contributed by atoms with Crippen LogP contribution in [0.5, 0.6) is 0 Å². The first-order valence-electron chi connectivity index (χ1n) is 10.5. The van der Waals surface area contributed by atoms with E-state index < -0.39 is 11.9 Å². The summed E-state index contributed by atoms with van der Waals surface area (Å²) in [6, 6.07) is 9.92. The minimum absolute atomic E-state index is 0.191. The molecule has 6 rings (SSSR count). The molecule has 0 saturated carbocycles. The molecule has 0 spiro atoms. The highest BCUT2D eigenvalue weighted by Gasteiger charge is 2.36. The number of pyridine rings is 1. The summed E-state index contributed by atoms with van der Waals surface area (Å²) in [6.07, 6.45) is 5.88. The monoisotopic (exact) mass is 456 g/mol. The molecule has 0 unspecified atom stereocenters. The van der Waals surface area contributed by atoms with Crippen molar-refractivity contribution in [3.63, 3.8) is 0 Å². The summed E-state index contributed by atoms with van der Waals surface area (Å²) in [4.78, 5) is 27.1. The Balaban J connectivity index is 1.40. The van der Waals surface area contributed by atoms with E-state index in [1.54, 1.807) is 41.3 Å². The minimum Gasteiger partial charge on any atom is -0.447 e. The summed E-state index contributed by atoms with van der Waals surface area (Å²) >= 11 is 0. The topological polar surface area (TPSA) is 114 Å². The minimum atomic E-state index is -0.494. The standard InChI is InChI=1S/C23H17FN8O2/c1-13-2-3-15(9-25-13)19-11-34-23(33)32(19)20-6-7-31-22(29-20)17(10-28-31)14-4-5-16(18(24)8-14)21-26-12-27-30-21/h2-10,12,19H,11H2,1H3,(H,26,27,30)/t19-/m1/s1. The molecule has 1 aromatic carbocycles. The molecule has 1 fully saturated rings. The largest absolute Gasteiger partial charge is 0.447 e. The molecule has 1 atom stereocenters. The third-order valence-corrected chi connectivity index (χ3v) is 5.74. The van der Waals surface area contributed by atoms with Crippen LogP contribution in [0.3, 0.4) is 0 Å². The SMILES string of the molecule is Cc1ccc([C@H]2COC(=O)N2c2ccn3ncc(-c4ccc(-c5ncn[nH]5)c(F)c4)c3n2)cn1. The van der Waals surface area contributed by atoms with Crippen LogP contribution in [0, 0.1) is 12.7 Å². The van der Waals surface area contributed by atoms with Crippen LogP contribution in [0.2, 0.25) is 0 Å². The van der Waals surface area contributed by atoms with Crippen molar-refractivity contribution in [2.45, 2.75) is 13.0 Å². The van der Waals surface area contributed by atoms with Crippen molar-refractivity contribution in [2.75, 3.05) is 11.5 Å². The highest BCUT2D eigenvalue weighted by molar-refractivity contribution is 5.90. The molecule has 1 amide bonds. The molecule has 1 aliphatic rings.